The highest BCUT2D eigenvalue weighted by molar-refractivity contribution is 7.92. The van der Waals surface area contributed by atoms with Crippen molar-refractivity contribution < 1.29 is 18.3 Å². The number of hydrogen-bond acceptors (Lipinski definition) is 4. The number of aliphatic hydroxyl groups excluding tert-OH is 1. The Kier molecular flexibility index (Phi) is 4.94. The molecule has 0 radical (unpaired) electrons. The third kappa shape index (κ3) is 4.09. The molecule has 0 spiro atoms. The van der Waals surface area contributed by atoms with Crippen LogP contribution in [0.3, 0.4) is 0 Å². The molecule has 2 unspecified atom stereocenters. The van der Waals surface area contributed by atoms with Crippen molar-refractivity contribution in [3.05, 3.63) is 0 Å². The van der Waals surface area contributed by atoms with Crippen molar-refractivity contribution in [3.63, 3.8) is 0 Å². The third-order valence-corrected chi connectivity index (χ3v) is 4.59. The summed E-state index contributed by atoms with van der Waals surface area (Å²) in [6, 6.07) is -0.256. The minimum absolute atomic E-state index is 0.256. The van der Waals surface area contributed by atoms with Crippen LogP contribution in [0, 0.1) is 0 Å². The van der Waals surface area contributed by atoms with Crippen LogP contribution in [-0.4, -0.2) is 42.6 Å². The minimum Gasteiger partial charge on any atom is -0.393 e. The van der Waals surface area contributed by atoms with Gasteiger partial charge in [-0.1, -0.05) is 0 Å². The van der Waals surface area contributed by atoms with Crippen LogP contribution in [0.5, 0.6) is 0 Å². The Hall–Kier alpha value is -0.620. The number of nitrogens with one attached hydrogen (secondary N) is 1. The Morgan fingerprint density at radius 2 is 1.81 bits per heavy atom. The largest absolute Gasteiger partial charge is 0.393 e. The van der Waals surface area contributed by atoms with Crippen LogP contribution in [0.15, 0.2) is 0 Å². The van der Waals surface area contributed by atoms with Gasteiger partial charge in [-0.05, 0) is 34.1 Å². The molecule has 0 aliphatic carbocycles. The smallest absolute Gasteiger partial charge is 0.241 e. The average molecular weight is 251 g/mol. The van der Waals surface area contributed by atoms with E-state index in [4.69, 9.17) is 5.11 Å². The summed E-state index contributed by atoms with van der Waals surface area (Å²) < 4.78 is 21.3. The van der Waals surface area contributed by atoms with Crippen molar-refractivity contribution >= 4 is 15.7 Å². The van der Waals surface area contributed by atoms with Gasteiger partial charge in [0.1, 0.15) is 4.75 Å². The van der Waals surface area contributed by atoms with Gasteiger partial charge < -0.3 is 10.4 Å². The second kappa shape index (κ2) is 5.14. The molecule has 2 atom stereocenters. The molecule has 0 fully saturated rings. The Morgan fingerprint density at radius 1 is 1.38 bits per heavy atom. The van der Waals surface area contributed by atoms with Crippen molar-refractivity contribution in [1.82, 2.24) is 5.32 Å². The maximum Gasteiger partial charge on any atom is 0.241 e. The Balaban J connectivity index is 4.60. The molecule has 0 heterocycles. The lowest BCUT2D eigenvalue weighted by Gasteiger charge is -2.24. The summed E-state index contributed by atoms with van der Waals surface area (Å²) in [7, 11) is -3.45. The van der Waals surface area contributed by atoms with E-state index < -0.39 is 26.6 Å². The van der Waals surface area contributed by atoms with Crippen LogP contribution in [0.25, 0.3) is 0 Å². The lowest BCUT2D eigenvalue weighted by atomic mass is 10.1. The van der Waals surface area contributed by atoms with E-state index in [2.05, 4.69) is 5.32 Å². The van der Waals surface area contributed by atoms with Crippen molar-refractivity contribution in [3.8, 4) is 0 Å². The van der Waals surface area contributed by atoms with Gasteiger partial charge in [0, 0.05) is 12.3 Å². The van der Waals surface area contributed by atoms with Crippen molar-refractivity contribution in [2.45, 2.75) is 51.0 Å². The fourth-order valence-corrected chi connectivity index (χ4v) is 1.53. The van der Waals surface area contributed by atoms with Crippen LogP contribution < -0.4 is 5.32 Å². The van der Waals surface area contributed by atoms with Crippen LogP contribution in [-0.2, 0) is 14.6 Å². The molecule has 0 saturated carbocycles. The van der Waals surface area contributed by atoms with Crippen LogP contribution in [0.4, 0.5) is 0 Å². The fourth-order valence-electron chi connectivity index (χ4n) is 1.14. The Morgan fingerprint density at radius 3 is 2.12 bits per heavy atom. The van der Waals surface area contributed by atoms with Crippen LogP contribution in [0.1, 0.15) is 34.1 Å². The first-order chi connectivity index (χ1) is 6.98. The summed E-state index contributed by atoms with van der Waals surface area (Å²) in [4.78, 5) is 11.7. The highest BCUT2D eigenvalue weighted by atomic mass is 32.2. The van der Waals surface area contributed by atoms with Crippen molar-refractivity contribution in [1.29, 1.82) is 0 Å². The van der Waals surface area contributed by atoms with Gasteiger partial charge in [0.2, 0.25) is 5.91 Å². The van der Waals surface area contributed by atoms with E-state index in [1.807, 2.05) is 0 Å². The summed E-state index contributed by atoms with van der Waals surface area (Å²) in [5, 5.41) is 11.7. The van der Waals surface area contributed by atoms with E-state index in [0.29, 0.717) is 6.42 Å². The molecule has 0 aliphatic rings. The standard InChI is InChI=1S/C10H21NO4S/c1-7(6-8(2)12)11-9(13)10(3,4)16(5,14)15/h7-8,12H,6H2,1-5H3,(H,11,13). The third-order valence-electron chi connectivity index (χ3n) is 2.55. The zero-order chi connectivity index (χ0) is 13.1. The number of amides is 1. The predicted octanol–water partition coefficient (Wildman–Crippen LogP) is 0.0852. The first-order valence-corrected chi connectivity index (χ1v) is 7.06. The number of carbonyl (C=O) groups is 1. The molecule has 0 rings (SSSR count). The topological polar surface area (TPSA) is 83.5 Å². The predicted molar refractivity (Wildman–Crippen MR) is 62.8 cm³/mol. The molecule has 0 aromatic rings. The molecule has 16 heavy (non-hydrogen) atoms. The van der Waals surface area contributed by atoms with Crippen molar-refractivity contribution in [2.24, 2.45) is 0 Å². The zero-order valence-electron chi connectivity index (χ0n) is 10.4. The molecule has 1 amide bonds. The molecule has 0 aliphatic heterocycles. The van der Waals surface area contributed by atoms with Gasteiger partial charge in [-0.25, -0.2) is 8.42 Å². The Bertz CT molecular complexity index is 346. The maximum atomic E-state index is 11.7. The van der Waals surface area contributed by atoms with Gasteiger partial charge in [-0.3, -0.25) is 4.79 Å². The van der Waals surface area contributed by atoms with E-state index in [1.165, 1.54) is 13.8 Å². The first-order valence-electron chi connectivity index (χ1n) is 5.17. The number of carbonyl (C=O) groups excluding carboxylic acids is 1. The quantitative estimate of drug-likeness (QED) is 0.725. The number of aliphatic hydroxyl groups is 1. The molecule has 0 saturated heterocycles. The number of sulfone groups is 1. The molecule has 96 valence electrons. The average Bonchev–Trinajstić information content (AvgIpc) is 1.99. The van der Waals surface area contributed by atoms with Gasteiger partial charge in [0.25, 0.3) is 0 Å². The monoisotopic (exact) mass is 251 g/mol. The molecule has 2 N–H and O–H groups in total. The molecule has 0 aromatic heterocycles. The summed E-state index contributed by atoms with van der Waals surface area (Å²) in [6.07, 6.45) is 0.897. The summed E-state index contributed by atoms with van der Waals surface area (Å²) in [5.41, 5.74) is 0. The first kappa shape index (κ1) is 15.4. The second-order valence-corrected chi connectivity index (χ2v) is 7.31. The number of hydrogen-bond donors (Lipinski definition) is 2. The molecular weight excluding hydrogens is 230 g/mol. The van der Waals surface area contributed by atoms with Gasteiger partial charge in [0.15, 0.2) is 9.84 Å². The highest BCUT2D eigenvalue weighted by Crippen LogP contribution is 2.15. The summed E-state index contributed by atoms with van der Waals surface area (Å²) in [6.45, 7) is 6.08. The minimum atomic E-state index is -3.45. The lowest BCUT2D eigenvalue weighted by molar-refractivity contribution is -0.123. The normalized spacial score (nSPS) is 16.6. The lowest BCUT2D eigenvalue weighted by Crippen LogP contribution is -2.50. The summed E-state index contributed by atoms with van der Waals surface area (Å²) in [5.74, 6) is -0.539. The maximum absolute atomic E-state index is 11.7. The molecular formula is C10H21NO4S. The van der Waals surface area contributed by atoms with Crippen LogP contribution >= 0.6 is 0 Å². The van der Waals surface area contributed by atoms with Gasteiger partial charge >= 0.3 is 0 Å². The van der Waals surface area contributed by atoms with Crippen LogP contribution in [0.2, 0.25) is 0 Å². The highest BCUT2D eigenvalue weighted by Gasteiger charge is 2.38. The fraction of sp³-hybridized carbons (Fsp3) is 0.900. The molecule has 0 bridgehead atoms. The zero-order valence-corrected chi connectivity index (χ0v) is 11.3. The van der Waals surface area contributed by atoms with Crippen molar-refractivity contribution in [2.75, 3.05) is 6.26 Å². The Labute approximate surface area is 97.2 Å². The molecule has 5 nitrogen and oxygen atoms in total. The molecule has 0 aromatic carbocycles. The van der Waals surface area contributed by atoms with E-state index in [9.17, 15) is 13.2 Å². The van der Waals surface area contributed by atoms with Gasteiger partial charge in [-0.15, -0.1) is 0 Å². The summed E-state index contributed by atoms with van der Waals surface area (Å²) >= 11 is 0. The van der Waals surface area contributed by atoms with E-state index in [0.717, 1.165) is 6.26 Å². The van der Waals surface area contributed by atoms with Gasteiger partial charge in [-0.2, -0.15) is 0 Å². The van der Waals surface area contributed by atoms with E-state index in [1.54, 1.807) is 13.8 Å². The number of rotatable bonds is 5. The van der Waals surface area contributed by atoms with E-state index >= 15 is 0 Å². The second-order valence-electron chi connectivity index (χ2n) is 4.74. The molecule has 6 heteroatoms. The SMILES string of the molecule is CC(O)CC(C)NC(=O)C(C)(C)S(C)(=O)=O. The van der Waals surface area contributed by atoms with Gasteiger partial charge in [0.05, 0.1) is 6.10 Å². The van der Waals surface area contributed by atoms with E-state index in [-0.39, 0.29) is 6.04 Å².